The third-order valence-electron chi connectivity index (χ3n) is 3.75. The quantitative estimate of drug-likeness (QED) is 0.911. The molecule has 0 atom stereocenters. The Kier molecular flexibility index (Phi) is 3.66. The first-order chi connectivity index (χ1) is 8.47. The van der Waals surface area contributed by atoms with E-state index in [2.05, 4.69) is 12.2 Å². The largest absolute Gasteiger partial charge is 0.379 e. The molecule has 1 aromatic rings. The van der Waals surface area contributed by atoms with Crippen LogP contribution >= 0.6 is 0 Å². The summed E-state index contributed by atoms with van der Waals surface area (Å²) in [4.78, 5) is 0.431. The second-order valence-electron chi connectivity index (χ2n) is 5.29. The molecule has 0 saturated heterocycles. The summed E-state index contributed by atoms with van der Waals surface area (Å²) in [5.41, 5.74) is 0.795. The SMILES string of the molecule is CCS(=O)(=O)c1ccccc1NC1(C)CCCC1. The molecule has 0 bridgehead atoms. The molecule has 0 spiro atoms. The van der Waals surface area contributed by atoms with Crippen LogP contribution in [0.4, 0.5) is 5.69 Å². The van der Waals surface area contributed by atoms with E-state index in [9.17, 15) is 8.42 Å². The third-order valence-corrected chi connectivity index (χ3v) is 5.53. The highest BCUT2D eigenvalue weighted by molar-refractivity contribution is 7.91. The molecule has 1 saturated carbocycles. The molecule has 4 heteroatoms. The lowest BCUT2D eigenvalue weighted by Crippen LogP contribution is -2.31. The number of sulfone groups is 1. The van der Waals surface area contributed by atoms with Crippen LogP contribution in [0.3, 0.4) is 0 Å². The van der Waals surface area contributed by atoms with Crippen molar-refractivity contribution in [1.29, 1.82) is 0 Å². The highest BCUT2D eigenvalue weighted by atomic mass is 32.2. The lowest BCUT2D eigenvalue weighted by molar-refractivity contribution is 0.531. The van der Waals surface area contributed by atoms with Crippen LogP contribution in [0.2, 0.25) is 0 Å². The van der Waals surface area contributed by atoms with Gasteiger partial charge in [-0.25, -0.2) is 8.42 Å². The molecule has 0 radical (unpaired) electrons. The lowest BCUT2D eigenvalue weighted by Gasteiger charge is -2.28. The Hall–Kier alpha value is -1.03. The molecule has 0 aliphatic heterocycles. The van der Waals surface area contributed by atoms with Crippen LogP contribution in [0, 0.1) is 0 Å². The Labute approximate surface area is 110 Å². The Morgan fingerprint density at radius 3 is 2.44 bits per heavy atom. The van der Waals surface area contributed by atoms with Gasteiger partial charge in [0.25, 0.3) is 0 Å². The Balaban J connectivity index is 2.34. The molecule has 1 aromatic carbocycles. The first kappa shape index (κ1) is 13.4. The molecule has 1 fully saturated rings. The zero-order valence-corrected chi connectivity index (χ0v) is 11.9. The first-order valence-electron chi connectivity index (χ1n) is 6.57. The molecular weight excluding hydrogens is 246 g/mol. The number of hydrogen-bond acceptors (Lipinski definition) is 3. The van der Waals surface area contributed by atoms with Crippen molar-refractivity contribution in [3.8, 4) is 0 Å². The normalized spacial score (nSPS) is 18.8. The standard InChI is InChI=1S/C14H21NO2S/c1-3-18(16,17)13-9-5-4-8-12(13)15-14(2)10-6-7-11-14/h4-5,8-9,15H,3,6-7,10-11H2,1-2H3. The van der Waals surface area contributed by atoms with Gasteiger partial charge in [0.1, 0.15) is 0 Å². The Bertz CT molecular complexity index is 516. The molecule has 18 heavy (non-hydrogen) atoms. The molecule has 3 nitrogen and oxygen atoms in total. The summed E-state index contributed by atoms with van der Waals surface area (Å²) < 4.78 is 24.1. The highest BCUT2D eigenvalue weighted by Gasteiger charge is 2.29. The van der Waals surface area contributed by atoms with Gasteiger partial charge >= 0.3 is 0 Å². The van der Waals surface area contributed by atoms with Crippen molar-refractivity contribution in [2.45, 2.75) is 50.0 Å². The zero-order chi connectivity index (χ0) is 13.2. The van der Waals surface area contributed by atoms with E-state index in [4.69, 9.17) is 0 Å². The predicted octanol–water partition coefficient (Wildman–Crippen LogP) is 3.22. The lowest BCUT2D eigenvalue weighted by atomic mass is 10.0. The predicted molar refractivity (Wildman–Crippen MR) is 74.7 cm³/mol. The van der Waals surface area contributed by atoms with Crippen LogP contribution in [0.1, 0.15) is 39.5 Å². The van der Waals surface area contributed by atoms with Gasteiger partial charge in [0, 0.05) is 5.54 Å². The van der Waals surface area contributed by atoms with Crippen LogP contribution < -0.4 is 5.32 Å². The average molecular weight is 267 g/mol. The van der Waals surface area contributed by atoms with E-state index >= 15 is 0 Å². The van der Waals surface area contributed by atoms with Gasteiger partial charge in [-0.2, -0.15) is 0 Å². The van der Waals surface area contributed by atoms with Crippen molar-refractivity contribution in [2.24, 2.45) is 0 Å². The summed E-state index contributed by atoms with van der Waals surface area (Å²) in [5.74, 6) is 0.141. The van der Waals surface area contributed by atoms with E-state index in [1.807, 2.05) is 12.1 Å². The molecule has 0 aromatic heterocycles. The topological polar surface area (TPSA) is 46.2 Å². The van der Waals surface area contributed by atoms with Crippen molar-refractivity contribution in [3.63, 3.8) is 0 Å². The van der Waals surface area contributed by atoms with Crippen LogP contribution in [-0.4, -0.2) is 19.7 Å². The maximum atomic E-state index is 12.1. The third kappa shape index (κ3) is 2.69. The van der Waals surface area contributed by atoms with E-state index in [0.29, 0.717) is 4.90 Å². The molecular formula is C14H21NO2S. The second kappa shape index (κ2) is 4.92. The number of hydrogen-bond donors (Lipinski definition) is 1. The first-order valence-corrected chi connectivity index (χ1v) is 8.22. The Morgan fingerprint density at radius 1 is 1.22 bits per heavy atom. The summed E-state index contributed by atoms with van der Waals surface area (Å²) in [7, 11) is -3.16. The number of rotatable bonds is 4. The summed E-state index contributed by atoms with van der Waals surface area (Å²) in [6.07, 6.45) is 4.64. The van der Waals surface area contributed by atoms with E-state index in [0.717, 1.165) is 18.5 Å². The maximum Gasteiger partial charge on any atom is 0.180 e. The van der Waals surface area contributed by atoms with Crippen molar-refractivity contribution in [2.75, 3.05) is 11.1 Å². The van der Waals surface area contributed by atoms with E-state index in [-0.39, 0.29) is 11.3 Å². The van der Waals surface area contributed by atoms with E-state index in [1.54, 1.807) is 19.1 Å². The molecule has 100 valence electrons. The van der Waals surface area contributed by atoms with Crippen molar-refractivity contribution in [1.82, 2.24) is 0 Å². The minimum atomic E-state index is -3.16. The molecule has 0 heterocycles. The minimum absolute atomic E-state index is 0.0410. The number of anilines is 1. The van der Waals surface area contributed by atoms with Gasteiger partial charge in [-0.3, -0.25) is 0 Å². The van der Waals surface area contributed by atoms with Gasteiger partial charge < -0.3 is 5.32 Å². The number of nitrogens with one attached hydrogen (secondary N) is 1. The van der Waals surface area contributed by atoms with Gasteiger partial charge in [-0.15, -0.1) is 0 Å². The molecule has 0 amide bonds. The zero-order valence-electron chi connectivity index (χ0n) is 11.1. The highest BCUT2D eigenvalue weighted by Crippen LogP contribution is 2.34. The summed E-state index contributed by atoms with van der Waals surface area (Å²) in [5, 5.41) is 3.45. The molecule has 2 rings (SSSR count). The average Bonchev–Trinajstić information content (AvgIpc) is 2.76. The van der Waals surface area contributed by atoms with Crippen LogP contribution in [0.5, 0.6) is 0 Å². The molecule has 1 aliphatic carbocycles. The number of benzene rings is 1. The van der Waals surface area contributed by atoms with Gasteiger partial charge in [0.05, 0.1) is 16.3 Å². The monoisotopic (exact) mass is 267 g/mol. The fourth-order valence-corrected chi connectivity index (χ4v) is 3.65. The molecule has 1 N–H and O–H groups in total. The second-order valence-corrected chi connectivity index (χ2v) is 7.54. The van der Waals surface area contributed by atoms with Crippen molar-refractivity contribution < 1.29 is 8.42 Å². The summed E-state index contributed by atoms with van der Waals surface area (Å²) >= 11 is 0. The van der Waals surface area contributed by atoms with Crippen molar-refractivity contribution >= 4 is 15.5 Å². The van der Waals surface area contributed by atoms with Gasteiger partial charge in [-0.1, -0.05) is 31.9 Å². The van der Waals surface area contributed by atoms with Gasteiger partial charge in [-0.05, 0) is 31.9 Å². The Morgan fingerprint density at radius 2 is 1.83 bits per heavy atom. The molecule has 0 unspecified atom stereocenters. The fourth-order valence-electron chi connectivity index (χ4n) is 2.60. The van der Waals surface area contributed by atoms with Crippen LogP contribution in [-0.2, 0) is 9.84 Å². The van der Waals surface area contributed by atoms with Gasteiger partial charge in [0.2, 0.25) is 0 Å². The fraction of sp³-hybridized carbons (Fsp3) is 0.571. The summed E-state index contributed by atoms with van der Waals surface area (Å²) in [6, 6.07) is 7.23. The van der Waals surface area contributed by atoms with Crippen molar-refractivity contribution in [3.05, 3.63) is 24.3 Å². The van der Waals surface area contributed by atoms with Crippen LogP contribution in [0.15, 0.2) is 29.2 Å². The van der Waals surface area contributed by atoms with Crippen LogP contribution in [0.25, 0.3) is 0 Å². The van der Waals surface area contributed by atoms with E-state index in [1.165, 1.54) is 12.8 Å². The maximum absolute atomic E-state index is 12.1. The number of para-hydroxylation sites is 1. The minimum Gasteiger partial charge on any atom is -0.379 e. The van der Waals surface area contributed by atoms with E-state index < -0.39 is 9.84 Å². The smallest absolute Gasteiger partial charge is 0.180 e. The van der Waals surface area contributed by atoms with Gasteiger partial charge in [0.15, 0.2) is 9.84 Å². The molecule has 1 aliphatic rings. The summed E-state index contributed by atoms with van der Waals surface area (Å²) in [6.45, 7) is 3.86.